The van der Waals surface area contributed by atoms with Crippen LogP contribution in [0.25, 0.3) is 16.6 Å². The van der Waals surface area contributed by atoms with Crippen LogP contribution in [0, 0.1) is 12.7 Å². The molecule has 2 N–H and O–H groups in total. The van der Waals surface area contributed by atoms with E-state index in [4.69, 9.17) is 0 Å². The molecule has 0 spiro atoms. The Bertz CT molecular complexity index is 1230. The molecule has 0 atom stereocenters. The lowest BCUT2D eigenvalue weighted by Crippen LogP contribution is -2.26. The van der Waals surface area contributed by atoms with Crippen LogP contribution in [-0.2, 0) is 17.8 Å². The number of hydrogen-bond donors (Lipinski definition) is 2. The highest BCUT2D eigenvalue weighted by Crippen LogP contribution is 2.21. The second kappa shape index (κ2) is 7.22. The number of aromatic amines is 1. The molecule has 0 saturated carbocycles. The number of hydrogen-bond acceptors (Lipinski definition) is 4. The molecule has 4 rings (SSSR count). The fourth-order valence-corrected chi connectivity index (χ4v) is 3.21. The van der Waals surface area contributed by atoms with Gasteiger partial charge in [0.2, 0.25) is 5.91 Å². The van der Waals surface area contributed by atoms with Crippen LogP contribution in [0.2, 0.25) is 0 Å². The number of amides is 1. The van der Waals surface area contributed by atoms with Crippen molar-refractivity contribution >= 4 is 22.5 Å². The van der Waals surface area contributed by atoms with Crippen LogP contribution in [0.5, 0.6) is 0 Å². The zero-order valence-corrected chi connectivity index (χ0v) is 15.2. The quantitative estimate of drug-likeness (QED) is 0.556. The fraction of sp³-hybridized carbons (Fsp3) is 0.200. The Hall–Kier alpha value is -3.55. The van der Waals surface area contributed by atoms with Gasteiger partial charge in [0.1, 0.15) is 5.82 Å². The number of carbonyl (C=O) groups excluding carboxylic acids is 1. The molecule has 0 radical (unpaired) electrons. The number of H-pyrrole nitrogens is 1. The molecular formula is C20H18FN5O2. The van der Waals surface area contributed by atoms with Crippen LogP contribution in [0.15, 0.2) is 47.4 Å². The van der Waals surface area contributed by atoms with Crippen LogP contribution in [-0.4, -0.2) is 25.5 Å². The van der Waals surface area contributed by atoms with Gasteiger partial charge in [-0.3, -0.25) is 19.7 Å². The predicted octanol–water partition coefficient (Wildman–Crippen LogP) is 2.27. The first-order valence-corrected chi connectivity index (χ1v) is 8.89. The molecule has 0 aliphatic carbocycles. The lowest BCUT2D eigenvalue weighted by molar-refractivity contribution is -0.121. The fourth-order valence-electron chi connectivity index (χ4n) is 3.21. The SMILES string of the molecule is Cc1nc2c3c(F)cccc3[nH]n2c(=O)c1CCC(=O)NCc1ccccn1. The van der Waals surface area contributed by atoms with Gasteiger partial charge in [-0.05, 0) is 37.6 Å². The van der Waals surface area contributed by atoms with Gasteiger partial charge in [0.05, 0.1) is 23.1 Å². The molecule has 0 aliphatic rings. The van der Waals surface area contributed by atoms with E-state index in [1.54, 1.807) is 31.3 Å². The molecule has 1 amide bonds. The average molecular weight is 379 g/mol. The van der Waals surface area contributed by atoms with Crippen LogP contribution in [0.4, 0.5) is 4.39 Å². The van der Waals surface area contributed by atoms with Gasteiger partial charge in [-0.1, -0.05) is 12.1 Å². The number of aromatic nitrogens is 4. The maximum Gasteiger partial charge on any atom is 0.276 e. The highest BCUT2D eigenvalue weighted by molar-refractivity contribution is 5.92. The number of fused-ring (bicyclic) bond motifs is 3. The van der Waals surface area contributed by atoms with E-state index >= 15 is 0 Å². The van der Waals surface area contributed by atoms with E-state index in [1.165, 1.54) is 10.6 Å². The molecule has 0 unspecified atom stereocenters. The third kappa shape index (κ3) is 3.24. The number of halogens is 1. The molecule has 142 valence electrons. The lowest BCUT2D eigenvalue weighted by Gasteiger charge is -2.07. The molecule has 1 aromatic carbocycles. The average Bonchev–Trinajstić information content (AvgIpc) is 3.07. The summed E-state index contributed by atoms with van der Waals surface area (Å²) in [5, 5.41) is 5.95. The molecule has 7 nitrogen and oxygen atoms in total. The number of nitrogens with one attached hydrogen (secondary N) is 2. The normalized spacial score (nSPS) is 11.2. The molecule has 0 saturated heterocycles. The van der Waals surface area contributed by atoms with E-state index in [9.17, 15) is 14.0 Å². The van der Waals surface area contributed by atoms with Gasteiger partial charge in [0.15, 0.2) is 5.65 Å². The third-order valence-corrected chi connectivity index (χ3v) is 4.65. The number of carbonyl (C=O) groups is 1. The molecule has 0 bridgehead atoms. The largest absolute Gasteiger partial charge is 0.350 e. The number of rotatable bonds is 5. The molecule has 0 aliphatic heterocycles. The monoisotopic (exact) mass is 379 g/mol. The van der Waals surface area contributed by atoms with Crippen molar-refractivity contribution < 1.29 is 9.18 Å². The van der Waals surface area contributed by atoms with Crippen molar-refractivity contribution in [3.63, 3.8) is 0 Å². The molecule has 4 aromatic rings. The standard InChI is InChI=1S/C20H18FN5O2/c1-12-14(8-9-17(27)23-11-13-5-2-3-10-22-13)20(28)26-19(24-12)18-15(21)6-4-7-16(18)25-26/h2-7,10,25H,8-9,11H2,1H3,(H,23,27). The Balaban J connectivity index is 1.55. The zero-order valence-electron chi connectivity index (χ0n) is 15.2. The van der Waals surface area contributed by atoms with Crippen molar-refractivity contribution in [2.24, 2.45) is 0 Å². The maximum absolute atomic E-state index is 14.2. The van der Waals surface area contributed by atoms with Gasteiger partial charge in [-0.2, -0.15) is 0 Å². The Morgan fingerprint density at radius 2 is 2.11 bits per heavy atom. The van der Waals surface area contributed by atoms with Gasteiger partial charge in [-0.15, -0.1) is 0 Å². The van der Waals surface area contributed by atoms with Gasteiger partial charge >= 0.3 is 0 Å². The van der Waals surface area contributed by atoms with Crippen molar-refractivity contribution in [1.29, 1.82) is 0 Å². The van der Waals surface area contributed by atoms with Crippen molar-refractivity contribution in [3.8, 4) is 0 Å². The van der Waals surface area contributed by atoms with E-state index in [0.29, 0.717) is 23.3 Å². The van der Waals surface area contributed by atoms with Crippen molar-refractivity contribution in [1.82, 2.24) is 24.9 Å². The first kappa shape index (κ1) is 17.8. The zero-order chi connectivity index (χ0) is 19.7. The van der Waals surface area contributed by atoms with Gasteiger partial charge in [-0.25, -0.2) is 13.9 Å². The van der Waals surface area contributed by atoms with Gasteiger partial charge < -0.3 is 5.32 Å². The first-order chi connectivity index (χ1) is 13.5. The first-order valence-electron chi connectivity index (χ1n) is 8.89. The Morgan fingerprint density at radius 3 is 2.89 bits per heavy atom. The van der Waals surface area contributed by atoms with Crippen LogP contribution < -0.4 is 10.9 Å². The predicted molar refractivity (Wildman–Crippen MR) is 102 cm³/mol. The third-order valence-electron chi connectivity index (χ3n) is 4.65. The van der Waals surface area contributed by atoms with Crippen LogP contribution >= 0.6 is 0 Å². The summed E-state index contributed by atoms with van der Waals surface area (Å²) in [4.78, 5) is 33.5. The summed E-state index contributed by atoms with van der Waals surface area (Å²) in [5.41, 5.74) is 2.10. The van der Waals surface area contributed by atoms with Crippen LogP contribution in [0.3, 0.4) is 0 Å². The summed E-state index contributed by atoms with van der Waals surface area (Å²) < 4.78 is 15.4. The minimum Gasteiger partial charge on any atom is -0.350 e. The Kier molecular flexibility index (Phi) is 4.60. The van der Waals surface area contributed by atoms with Gasteiger partial charge in [0, 0.05) is 23.9 Å². The number of aryl methyl sites for hydroxylation is 1. The van der Waals surface area contributed by atoms with E-state index in [0.717, 1.165) is 5.69 Å². The second-order valence-corrected chi connectivity index (χ2v) is 6.51. The summed E-state index contributed by atoms with van der Waals surface area (Å²) in [6.07, 6.45) is 2.05. The summed E-state index contributed by atoms with van der Waals surface area (Å²) in [7, 11) is 0. The Labute approximate surface area is 159 Å². The minimum atomic E-state index is -0.441. The van der Waals surface area contributed by atoms with Crippen molar-refractivity contribution in [3.05, 3.63) is 75.7 Å². The van der Waals surface area contributed by atoms with Gasteiger partial charge in [0.25, 0.3) is 5.56 Å². The summed E-state index contributed by atoms with van der Waals surface area (Å²) >= 11 is 0. The smallest absolute Gasteiger partial charge is 0.276 e. The molecule has 28 heavy (non-hydrogen) atoms. The Morgan fingerprint density at radius 1 is 1.25 bits per heavy atom. The second-order valence-electron chi connectivity index (χ2n) is 6.51. The maximum atomic E-state index is 14.2. The summed E-state index contributed by atoms with van der Waals surface area (Å²) in [5.74, 6) is -0.624. The minimum absolute atomic E-state index is 0.144. The van der Waals surface area contributed by atoms with Crippen molar-refractivity contribution in [2.45, 2.75) is 26.3 Å². The van der Waals surface area contributed by atoms with E-state index in [1.807, 2.05) is 12.1 Å². The topological polar surface area (TPSA) is 92.2 Å². The van der Waals surface area contributed by atoms with E-state index in [-0.39, 0.29) is 35.3 Å². The highest BCUT2D eigenvalue weighted by atomic mass is 19.1. The molecular weight excluding hydrogens is 361 g/mol. The lowest BCUT2D eigenvalue weighted by atomic mass is 10.1. The summed E-state index contributed by atoms with van der Waals surface area (Å²) in [6, 6.07) is 10.1. The van der Waals surface area contributed by atoms with Crippen LogP contribution in [0.1, 0.15) is 23.4 Å². The number of pyridine rings is 1. The van der Waals surface area contributed by atoms with Crippen molar-refractivity contribution in [2.75, 3.05) is 0 Å². The highest BCUT2D eigenvalue weighted by Gasteiger charge is 2.17. The molecule has 0 fully saturated rings. The molecule has 8 heteroatoms. The summed E-state index contributed by atoms with van der Waals surface area (Å²) in [6.45, 7) is 2.03. The van der Waals surface area contributed by atoms with E-state index in [2.05, 4.69) is 20.4 Å². The molecule has 3 heterocycles. The number of nitrogens with zero attached hydrogens (tertiary/aromatic N) is 3. The molecule has 3 aromatic heterocycles. The van der Waals surface area contributed by atoms with E-state index < -0.39 is 5.82 Å². The number of benzene rings is 1.